The number of hydrazone groups is 1. The van der Waals surface area contributed by atoms with Gasteiger partial charge < -0.3 is 5.11 Å². The molecular formula is C18H18N2O3S. The van der Waals surface area contributed by atoms with Gasteiger partial charge in [-0.05, 0) is 23.9 Å². The van der Waals surface area contributed by atoms with Gasteiger partial charge in [-0.25, -0.2) is 5.01 Å². The number of aliphatic carboxylic acids is 1. The van der Waals surface area contributed by atoms with Crippen LogP contribution in [0.15, 0.2) is 46.9 Å². The largest absolute Gasteiger partial charge is 0.481 e. The Kier molecular flexibility index (Phi) is 4.76. The fourth-order valence-corrected chi connectivity index (χ4v) is 3.52. The lowest BCUT2D eigenvalue weighted by Gasteiger charge is -2.22. The Labute approximate surface area is 144 Å². The van der Waals surface area contributed by atoms with E-state index in [9.17, 15) is 9.59 Å². The summed E-state index contributed by atoms with van der Waals surface area (Å²) in [4.78, 5) is 24.3. The number of rotatable bonds is 5. The molecule has 124 valence electrons. The van der Waals surface area contributed by atoms with Crippen LogP contribution in [0.25, 0.3) is 0 Å². The van der Waals surface area contributed by atoms with Gasteiger partial charge in [0.05, 0.1) is 23.1 Å². The fourth-order valence-electron chi connectivity index (χ4n) is 2.80. The zero-order chi connectivity index (χ0) is 17.1. The highest BCUT2D eigenvalue weighted by atomic mass is 32.1. The third-order valence-electron chi connectivity index (χ3n) is 3.95. The van der Waals surface area contributed by atoms with Crippen LogP contribution in [0.2, 0.25) is 0 Å². The van der Waals surface area contributed by atoms with Gasteiger partial charge in [0, 0.05) is 12.8 Å². The number of aryl methyl sites for hydroxylation is 1. The highest BCUT2D eigenvalue weighted by Crippen LogP contribution is 2.34. The van der Waals surface area contributed by atoms with Crippen LogP contribution in [0.4, 0.5) is 0 Å². The fraction of sp³-hybridized carbons (Fsp3) is 0.278. The zero-order valence-corrected chi connectivity index (χ0v) is 14.1. The van der Waals surface area contributed by atoms with Gasteiger partial charge in [0.1, 0.15) is 0 Å². The predicted molar refractivity (Wildman–Crippen MR) is 93.1 cm³/mol. The number of hydrogen-bond acceptors (Lipinski definition) is 4. The summed E-state index contributed by atoms with van der Waals surface area (Å²) in [6.07, 6.45) is 0.418. The lowest BCUT2D eigenvalue weighted by atomic mass is 9.99. The van der Waals surface area contributed by atoms with Crippen molar-refractivity contribution in [2.45, 2.75) is 32.2 Å². The lowest BCUT2D eigenvalue weighted by molar-refractivity contribution is -0.141. The van der Waals surface area contributed by atoms with Gasteiger partial charge in [-0.1, -0.05) is 35.9 Å². The van der Waals surface area contributed by atoms with Crippen molar-refractivity contribution in [3.63, 3.8) is 0 Å². The van der Waals surface area contributed by atoms with Crippen LogP contribution in [-0.4, -0.2) is 27.7 Å². The molecule has 3 rings (SSSR count). The smallest absolute Gasteiger partial charge is 0.303 e. The summed E-state index contributed by atoms with van der Waals surface area (Å²) in [6.45, 7) is 2.01. The SMILES string of the molecule is Cc1cccc(C2CC(c3cccs3)=NN2C(=O)CCC(=O)O)c1. The van der Waals surface area contributed by atoms with Crippen molar-refractivity contribution < 1.29 is 14.7 Å². The summed E-state index contributed by atoms with van der Waals surface area (Å²) in [5, 5.41) is 16.8. The molecule has 1 aromatic carbocycles. The number of carboxylic acids is 1. The van der Waals surface area contributed by atoms with E-state index in [-0.39, 0.29) is 24.8 Å². The van der Waals surface area contributed by atoms with Crippen molar-refractivity contribution in [3.8, 4) is 0 Å². The molecule has 2 aromatic rings. The topological polar surface area (TPSA) is 70.0 Å². The molecule has 0 spiro atoms. The van der Waals surface area contributed by atoms with Crippen molar-refractivity contribution in [1.29, 1.82) is 0 Å². The normalized spacial score (nSPS) is 17.0. The van der Waals surface area contributed by atoms with Crippen LogP contribution >= 0.6 is 11.3 Å². The molecule has 1 unspecified atom stereocenters. The van der Waals surface area contributed by atoms with Crippen LogP contribution in [-0.2, 0) is 9.59 Å². The second kappa shape index (κ2) is 6.97. The van der Waals surface area contributed by atoms with Crippen LogP contribution in [0.3, 0.4) is 0 Å². The molecule has 1 aromatic heterocycles. The Bertz CT molecular complexity index is 783. The number of carboxylic acid groups (broad SMARTS) is 1. The van der Waals surface area contributed by atoms with Gasteiger partial charge in [-0.3, -0.25) is 9.59 Å². The number of thiophene rings is 1. The van der Waals surface area contributed by atoms with E-state index in [1.807, 2.05) is 42.6 Å². The summed E-state index contributed by atoms with van der Waals surface area (Å²) >= 11 is 1.59. The van der Waals surface area contributed by atoms with E-state index < -0.39 is 5.97 Å². The maximum atomic E-state index is 12.5. The molecule has 0 saturated heterocycles. The van der Waals surface area contributed by atoms with E-state index >= 15 is 0 Å². The van der Waals surface area contributed by atoms with E-state index in [0.717, 1.165) is 21.7 Å². The standard InChI is InChI=1S/C18H18N2O3S/c1-12-4-2-5-13(10-12)15-11-14(16-6-3-9-24-16)19-20(15)17(21)7-8-18(22)23/h2-6,9-10,15H,7-8,11H2,1H3,(H,22,23). The minimum Gasteiger partial charge on any atom is -0.481 e. The molecule has 1 N–H and O–H groups in total. The molecule has 5 nitrogen and oxygen atoms in total. The molecule has 1 atom stereocenters. The van der Waals surface area contributed by atoms with Gasteiger partial charge in [0.2, 0.25) is 5.91 Å². The Hall–Kier alpha value is -2.47. The van der Waals surface area contributed by atoms with E-state index in [1.165, 1.54) is 5.01 Å². The summed E-state index contributed by atoms with van der Waals surface area (Å²) < 4.78 is 0. The molecule has 2 heterocycles. The van der Waals surface area contributed by atoms with Crippen molar-refractivity contribution in [1.82, 2.24) is 5.01 Å². The Morgan fingerprint density at radius 1 is 1.29 bits per heavy atom. The predicted octanol–water partition coefficient (Wildman–Crippen LogP) is 3.60. The molecular weight excluding hydrogens is 324 g/mol. The minimum absolute atomic E-state index is 0.0428. The van der Waals surface area contributed by atoms with E-state index in [4.69, 9.17) is 5.11 Å². The number of carbonyl (C=O) groups excluding carboxylic acids is 1. The van der Waals surface area contributed by atoms with Crippen molar-refractivity contribution in [3.05, 3.63) is 57.8 Å². The molecule has 1 amide bonds. The first kappa shape index (κ1) is 16.4. The number of benzene rings is 1. The third-order valence-corrected chi connectivity index (χ3v) is 4.87. The van der Waals surface area contributed by atoms with E-state index in [0.29, 0.717) is 6.42 Å². The summed E-state index contributed by atoms with van der Waals surface area (Å²) in [7, 11) is 0. The summed E-state index contributed by atoms with van der Waals surface area (Å²) in [5.41, 5.74) is 3.02. The average molecular weight is 342 g/mol. The molecule has 0 bridgehead atoms. The maximum absolute atomic E-state index is 12.5. The molecule has 0 radical (unpaired) electrons. The lowest BCUT2D eigenvalue weighted by Crippen LogP contribution is -2.27. The molecule has 0 aliphatic carbocycles. The molecule has 0 saturated carbocycles. The summed E-state index contributed by atoms with van der Waals surface area (Å²) in [6, 6.07) is 11.8. The monoisotopic (exact) mass is 342 g/mol. The Morgan fingerprint density at radius 3 is 2.79 bits per heavy atom. The number of hydrogen-bond donors (Lipinski definition) is 1. The van der Waals surface area contributed by atoms with Gasteiger partial charge in [0.15, 0.2) is 0 Å². The highest BCUT2D eigenvalue weighted by Gasteiger charge is 2.33. The number of amides is 1. The van der Waals surface area contributed by atoms with Crippen molar-refractivity contribution >= 4 is 28.9 Å². The second-order valence-electron chi connectivity index (χ2n) is 5.79. The van der Waals surface area contributed by atoms with Gasteiger partial charge in [-0.15, -0.1) is 11.3 Å². The zero-order valence-electron chi connectivity index (χ0n) is 13.3. The van der Waals surface area contributed by atoms with Gasteiger partial charge in [0.25, 0.3) is 0 Å². The first-order chi connectivity index (χ1) is 11.5. The highest BCUT2D eigenvalue weighted by molar-refractivity contribution is 7.12. The Balaban J connectivity index is 1.89. The van der Waals surface area contributed by atoms with Gasteiger partial charge >= 0.3 is 5.97 Å². The second-order valence-corrected chi connectivity index (χ2v) is 6.74. The van der Waals surface area contributed by atoms with Crippen LogP contribution in [0.1, 0.15) is 41.3 Å². The molecule has 1 aliphatic heterocycles. The molecule has 1 aliphatic rings. The van der Waals surface area contributed by atoms with Crippen LogP contribution < -0.4 is 0 Å². The maximum Gasteiger partial charge on any atom is 0.303 e. The van der Waals surface area contributed by atoms with Crippen LogP contribution in [0.5, 0.6) is 0 Å². The van der Waals surface area contributed by atoms with E-state index in [2.05, 4.69) is 11.2 Å². The first-order valence-corrected chi connectivity index (χ1v) is 8.64. The molecule has 0 fully saturated rings. The molecule has 24 heavy (non-hydrogen) atoms. The summed E-state index contributed by atoms with van der Waals surface area (Å²) in [5.74, 6) is -1.23. The number of carbonyl (C=O) groups is 2. The third kappa shape index (κ3) is 3.54. The number of nitrogens with zero attached hydrogens (tertiary/aromatic N) is 2. The van der Waals surface area contributed by atoms with Gasteiger partial charge in [-0.2, -0.15) is 5.10 Å². The quantitative estimate of drug-likeness (QED) is 0.902. The van der Waals surface area contributed by atoms with Crippen molar-refractivity contribution in [2.75, 3.05) is 0 Å². The minimum atomic E-state index is -0.975. The van der Waals surface area contributed by atoms with Crippen LogP contribution in [0, 0.1) is 6.92 Å². The average Bonchev–Trinajstić information content (AvgIpc) is 3.21. The van der Waals surface area contributed by atoms with E-state index in [1.54, 1.807) is 11.3 Å². The molecule has 6 heteroatoms. The van der Waals surface area contributed by atoms with Crippen molar-refractivity contribution in [2.24, 2.45) is 5.10 Å². The first-order valence-electron chi connectivity index (χ1n) is 7.76. The Morgan fingerprint density at radius 2 is 2.12 bits per heavy atom.